The molecule has 28 heavy (non-hydrogen) atoms. The molecular weight excluding hydrogens is 485 g/mol. The highest BCUT2D eigenvalue weighted by molar-refractivity contribution is 14.0. The van der Waals surface area contributed by atoms with Gasteiger partial charge in [0, 0.05) is 48.6 Å². The van der Waals surface area contributed by atoms with Gasteiger partial charge in [-0.15, -0.1) is 35.7 Å². The van der Waals surface area contributed by atoms with Crippen LogP contribution in [0, 0.1) is 13.8 Å². The number of rotatable bonds is 9. The van der Waals surface area contributed by atoms with E-state index in [1.54, 1.807) is 14.2 Å². The zero-order valence-corrected chi connectivity index (χ0v) is 20.5. The standard InChI is InChI=1S/C20H31N5OS.HI/c1-15(27-18-9-7-6-8-10-18)13-22-20(21-4)23-14-19-16(2)24-25(17(19)3)11-12-26-5;/h6-10,15H,11-14H2,1-5H3,(H2,21,22,23);1H. The van der Waals surface area contributed by atoms with E-state index in [4.69, 9.17) is 4.74 Å². The molecule has 1 unspecified atom stereocenters. The minimum absolute atomic E-state index is 0. The zero-order valence-electron chi connectivity index (χ0n) is 17.4. The lowest BCUT2D eigenvalue weighted by Gasteiger charge is -2.16. The van der Waals surface area contributed by atoms with E-state index in [9.17, 15) is 0 Å². The van der Waals surface area contributed by atoms with E-state index >= 15 is 0 Å². The second-order valence-electron chi connectivity index (χ2n) is 6.41. The fraction of sp³-hybridized carbons (Fsp3) is 0.500. The number of halogens is 1. The maximum atomic E-state index is 5.15. The Balaban J connectivity index is 0.00000392. The molecule has 0 saturated carbocycles. The number of thioether (sulfide) groups is 1. The van der Waals surface area contributed by atoms with Crippen LogP contribution in [0.25, 0.3) is 0 Å². The number of methoxy groups -OCH3 is 1. The maximum absolute atomic E-state index is 5.15. The van der Waals surface area contributed by atoms with Gasteiger partial charge in [-0.05, 0) is 26.0 Å². The molecular formula is C20H32IN5OS. The van der Waals surface area contributed by atoms with Crippen molar-refractivity contribution in [1.29, 1.82) is 0 Å². The summed E-state index contributed by atoms with van der Waals surface area (Å²) in [7, 11) is 3.51. The third-order valence-electron chi connectivity index (χ3n) is 4.33. The normalized spacial score (nSPS) is 12.4. The molecule has 0 bridgehead atoms. The van der Waals surface area contributed by atoms with Crippen LogP contribution in [-0.4, -0.2) is 48.3 Å². The molecule has 1 heterocycles. The van der Waals surface area contributed by atoms with Gasteiger partial charge in [0.1, 0.15) is 0 Å². The number of aliphatic imine (C=N–C) groups is 1. The number of ether oxygens (including phenoxy) is 1. The molecule has 156 valence electrons. The highest BCUT2D eigenvalue weighted by atomic mass is 127. The summed E-state index contributed by atoms with van der Waals surface area (Å²) >= 11 is 1.86. The molecule has 2 rings (SSSR count). The second kappa shape index (κ2) is 13.1. The molecule has 8 heteroatoms. The summed E-state index contributed by atoms with van der Waals surface area (Å²) in [4.78, 5) is 5.62. The lowest BCUT2D eigenvalue weighted by atomic mass is 10.2. The Bertz CT molecular complexity index is 736. The molecule has 0 amide bonds. The number of aromatic nitrogens is 2. The first-order valence-corrected chi connectivity index (χ1v) is 10.1. The molecule has 2 aromatic rings. The van der Waals surface area contributed by atoms with Gasteiger partial charge >= 0.3 is 0 Å². The minimum atomic E-state index is 0. The molecule has 0 radical (unpaired) electrons. The molecule has 1 atom stereocenters. The van der Waals surface area contributed by atoms with Gasteiger partial charge in [-0.25, -0.2) is 0 Å². The van der Waals surface area contributed by atoms with Crippen LogP contribution in [0.4, 0.5) is 0 Å². The van der Waals surface area contributed by atoms with Crippen molar-refractivity contribution in [3.8, 4) is 0 Å². The molecule has 6 nitrogen and oxygen atoms in total. The van der Waals surface area contributed by atoms with E-state index in [2.05, 4.69) is 58.8 Å². The average Bonchev–Trinajstić information content (AvgIpc) is 2.94. The SMILES string of the molecule is CN=C(NCc1c(C)nn(CCOC)c1C)NCC(C)Sc1ccccc1.I. The predicted molar refractivity (Wildman–Crippen MR) is 129 cm³/mol. The van der Waals surface area contributed by atoms with Crippen LogP contribution in [0.3, 0.4) is 0 Å². The Morgan fingerprint density at radius 1 is 1.25 bits per heavy atom. The summed E-state index contributed by atoms with van der Waals surface area (Å²) in [5.41, 5.74) is 3.42. The smallest absolute Gasteiger partial charge is 0.191 e. The number of nitrogens with zero attached hydrogens (tertiary/aromatic N) is 3. The first-order valence-electron chi connectivity index (χ1n) is 9.23. The average molecular weight is 517 g/mol. The van der Waals surface area contributed by atoms with Gasteiger partial charge in [0.25, 0.3) is 0 Å². The Hall–Kier alpha value is -1.26. The van der Waals surface area contributed by atoms with Crippen molar-refractivity contribution in [3.05, 3.63) is 47.3 Å². The summed E-state index contributed by atoms with van der Waals surface area (Å²) < 4.78 is 7.16. The number of guanidine groups is 1. The van der Waals surface area contributed by atoms with E-state index in [1.165, 1.54) is 16.2 Å². The quantitative estimate of drug-likeness (QED) is 0.230. The van der Waals surface area contributed by atoms with Gasteiger partial charge in [-0.2, -0.15) is 5.10 Å². The monoisotopic (exact) mass is 517 g/mol. The molecule has 2 N–H and O–H groups in total. The molecule has 0 aliphatic heterocycles. The predicted octanol–water partition coefficient (Wildman–Crippen LogP) is 3.61. The maximum Gasteiger partial charge on any atom is 0.191 e. The van der Waals surface area contributed by atoms with Gasteiger partial charge in [-0.3, -0.25) is 9.67 Å². The summed E-state index contributed by atoms with van der Waals surface area (Å²) in [6, 6.07) is 10.5. The van der Waals surface area contributed by atoms with E-state index < -0.39 is 0 Å². The van der Waals surface area contributed by atoms with Crippen LogP contribution in [0.5, 0.6) is 0 Å². The number of hydrogen-bond donors (Lipinski definition) is 2. The molecule has 1 aromatic carbocycles. The van der Waals surface area contributed by atoms with Crippen LogP contribution in [0.2, 0.25) is 0 Å². The fourth-order valence-corrected chi connectivity index (χ4v) is 3.74. The zero-order chi connectivity index (χ0) is 19.6. The first kappa shape index (κ1) is 24.8. The Kier molecular flexibility index (Phi) is 11.6. The van der Waals surface area contributed by atoms with Crippen LogP contribution < -0.4 is 10.6 Å². The van der Waals surface area contributed by atoms with Gasteiger partial charge in [-0.1, -0.05) is 25.1 Å². The number of nitrogens with one attached hydrogen (secondary N) is 2. The van der Waals surface area contributed by atoms with Gasteiger partial charge in [0.05, 0.1) is 18.8 Å². The molecule has 0 aliphatic rings. The van der Waals surface area contributed by atoms with Crippen molar-refractivity contribution >= 4 is 41.7 Å². The van der Waals surface area contributed by atoms with Crippen LogP contribution in [0.15, 0.2) is 40.2 Å². The lowest BCUT2D eigenvalue weighted by Crippen LogP contribution is -2.39. The van der Waals surface area contributed by atoms with E-state index in [0.29, 0.717) is 18.4 Å². The molecule has 0 fully saturated rings. The van der Waals surface area contributed by atoms with Crippen LogP contribution in [0.1, 0.15) is 23.9 Å². The minimum Gasteiger partial charge on any atom is -0.383 e. The Morgan fingerprint density at radius 2 is 1.96 bits per heavy atom. The van der Waals surface area contributed by atoms with E-state index in [1.807, 2.05) is 29.4 Å². The first-order chi connectivity index (χ1) is 13.0. The highest BCUT2D eigenvalue weighted by Crippen LogP contribution is 2.21. The van der Waals surface area contributed by atoms with Crippen molar-refractivity contribution in [1.82, 2.24) is 20.4 Å². The fourth-order valence-electron chi connectivity index (χ4n) is 2.79. The Morgan fingerprint density at radius 3 is 2.61 bits per heavy atom. The van der Waals surface area contributed by atoms with Gasteiger partial charge in [0.15, 0.2) is 5.96 Å². The Labute approximate surface area is 189 Å². The largest absolute Gasteiger partial charge is 0.383 e. The number of aryl methyl sites for hydroxylation is 1. The molecule has 0 spiro atoms. The molecule has 0 aliphatic carbocycles. The van der Waals surface area contributed by atoms with Gasteiger partial charge < -0.3 is 15.4 Å². The summed E-state index contributed by atoms with van der Waals surface area (Å²) in [6.45, 7) is 9.32. The van der Waals surface area contributed by atoms with Crippen molar-refractivity contribution in [2.45, 2.75) is 44.0 Å². The van der Waals surface area contributed by atoms with Crippen molar-refractivity contribution in [3.63, 3.8) is 0 Å². The summed E-state index contributed by atoms with van der Waals surface area (Å²) in [5.74, 6) is 0.805. The summed E-state index contributed by atoms with van der Waals surface area (Å²) in [6.07, 6.45) is 0. The third-order valence-corrected chi connectivity index (χ3v) is 5.45. The summed E-state index contributed by atoms with van der Waals surface area (Å²) in [5, 5.41) is 11.9. The van der Waals surface area contributed by atoms with Crippen molar-refractivity contribution in [2.75, 3.05) is 27.3 Å². The molecule has 1 aromatic heterocycles. The van der Waals surface area contributed by atoms with Crippen molar-refractivity contribution < 1.29 is 4.74 Å². The third kappa shape index (κ3) is 7.63. The molecule has 0 saturated heterocycles. The highest BCUT2D eigenvalue weighted by Gasteiger charge is 2.12. The lowest BCUT2D eigenvalue weighted by molar-refractivity contribution is 0.182. The van der Waals surface area contributed by atoms with Crippen molar-refractivity contribution in [2.24, 2.45) is 4.99 Å². The number of hydrogen-bond acceptors (Lipinski definition) is 4. The van der Waals surface area contributed by atoms with E-state index in [0.717, 1.165) is 24.7 Å². The van der Waals surface area contributed by atoms with Crippen LogP contribution >= 0.6 is 35.7 Å². The number of benzene rings is 1. The second-order valence-corrected chi connectivity index (χ2v) is 7.93. The topological polar surface area (TPSA) is 63.5 Å². The van der Waals surface area contributed by atoms with E-state index in [-0.39, 0.29) is 24.0 Å². The van der Waals surface area contributed by atoms with Gasteiger partial charge in [0.2, 0.25) is 0 Å². The van der Waals surface area contributed by atoms with Crippen LogP contribution in [-0.2, 0) is 17.8 Å².